The van der Waals surface area contributed by atoms with E-state index in [9.17, 15) is 14.9 Å². The molecule has 7 heteroatoms. The van der Waals surface area contributed by atoms with Gasteiger partial charge in [0.05, 0.1) is 18.5 Å². The van der Waals surface area contributed by atoms with Gasteiger partial charge in [0.1, 0.15) is 0 Å². The van der Waals surface area contributed by atoms with Crippen LogP contribution in [0, 0.1) is 16.0 Å². The molecule has 1 heterocycles. The predicted octanol–water partition coefficient (Wildman–Crippen LogP) is 1.51. The minimum atomic E-state index is -0.783. The molecule has 0 amide bonds. The van der Waals surface area contributed by atoms with Gasteiger partial charge in [-0.2, -0.15) is 0 Å². The average molecular weight is 280 g/mol. The van der Waals surface area contributed by atoms with Crippen molar-refractivity contribution in [2.75, 3.05) is 20.2 Å². The van der Waals surface area contributed by atoms with E-state index in [2.05, 4.69) is 4.90 Å². The normalized spacial score (nSPS) is 15.7. The number of carbonyl (C=O) groups is 1. The van der Waals surface area contributed by atoms with Crippen molar-refractivity contribution in [2.45, 2.75) is 13.0 Å². The number of carboxylic acids is 1. The number of nitrogens with zero attached hydrogens (tertiary/aromatic N) is 2. The summed E-state index contributed by atoms with van der Waals surface area (Å²) in [5, 5.41) is 19.6. The Morgan fingerprint density at radius 1 is 1.55 bits per heavy atom. The SMILES string of the molecule is COc1ccc(CN2CC(CC(=O)O)C2)cc1[N+](=O)[O-]. The summed E-state index contributed by atoms with van der Waals surface area (Å²) in [6.45, 7) is 2.01. The number of rotatable bonds is 6. The molecule has 1 aromatic rings. The molecule has 0 unspecified atom stereocenters. The van der Waals surface area contributed by atoms with Gasteiger partial charge in [0.25, 0.3) is 0 Å². The molecular formula is C13H16N2O5. The van der Waals surface area contributed by atoms with Gasteiger partial charge in [-0.25, -0.2) is 0 Å². The molecule has 7 nitrogen and oxygen atoms in total. The van der Waals surface area contributed by atoms with E-state index in [-0.39, 0.29) is 23.8 Å². The summed E-state index contributed by atoms with van der Waals surface area (Å²) >= 11 is 0. The molecule has 20 heavy (non-hydrogen) atoms. The highest BCUT2D eigenvalue weighted by atomic mass is 16.6. The third-order valence-electron chi connectivity index (χ3n) is 3.34. The molecule has 2 rings (SSSR count). The Kier molecular flexibility index (Phi) is 4.19. The zero-order valence-corrected chi connectivity index (χ0v) is 11.1. The number of likely N-dealkylation sites (tertiary alicyclic amines) is 1. The molecule has 108 valence electrons. The van der Waals surface area contributed by atoms with Crippen LogP contribution in [0.2, 0.25) is 0 Å². The Morgan fingerprint density at radius 3 is 2.80 bits per heavy atom. The molecule has 0 spiro atoms. The number of nitro benzene ring substituents is 1. The average Bonchev–Trinajstić information content (AvgIpc) is 2.35. The van der Waals surface area contributed by atoms with Crippen molar-refractivity contribution in [3.05, 3.63) is 33.9 Å². The molecule has 1 fully saturated rings. The van der Waals surface area contributed by atoms with Crippen LogP contribution in [-0.2, 0) is 11.3 Å². The third kappa shape index (κ3) is 3.24. The fraction of sp³-hybridized carbons (Fsp3) is 0.462. The second kappa shape index (κ2) is 5.87. The van der Waals surface area contributed by atoms with Crippen LogP contribution in [0.5, 0.6) is 5.75 Å². The Balaban J connectivity index is 1.96. The van der Waals surface area contributed by atoms with E-state index in [4.69, 9.17) is 9.84 Å². The minimum absolute atomic E-state index is 0.0485. The quantitative estimate of drug-likeness (QED) is 0.627. The van der Waals surface area contributed by atoms with E-state index < -0.39 is 10.9 Å². The second-order valence-electron chi connectivity index (χ2n) is 4.92. The topological polar surface area (TPSA) is 92.9 Å². The first-order valence-electron chi connectivity index (χ1n) is 6.25. The first-order chi connectivity index (χ1) is 9.49. The molecule has 1 N–H and O–H groups in total. The fourth-order valence-corrected chi connectivity index (χ4v) is 2.42. The van der Waals surface area contributed by atoms with Crippen LogP contribution >= 0.6 is 0 Å². The number of hydrogen-bond acceptors (Lipinski definition) is 5. The molecule has 1 aromatic carbocycles. The van der Waals surface area contributed by atoms with E-state index in [0.29, 0.717) is 19.6 Å². The highest BCUT2D eigenvalue weighted by Crippen LogP contribution is 2.29. The maximum atomic E-state index is 10.9. The fourth-order valence-electron chi connectivity index (χ4n) is 2.42. The van der Waals surface area contributed by atoms with Gasteiger partial charge in [0, 0.05) is 25.7 Å². The van der Waals surface area contributed by atoms with Crippen molar-refractivity contribution in [3.63, 3.8) is 0 Å². The lowest BCUT2D eigenvalue weighted by atomic mass is 9.96. The molecule has 1 saturated heterocycles. The third-order valence-corrected chi connectivity index (χ3v) is 3.34. The largest absolute Gasteiger partial charge is 0.490 e. The van der Waals surface area contributed by atoms with Crippen LogP contribution in [0.25, 0.3) is 0 Å². The zero-order valence-electron chi connectivity index (χ0n) is 11.1. The van der Waals surface area contributed by atoms with Crippen LogP contribution < -0.4 is 4.74 Å². The Morgan fingerprint density at radius 2 is 2.25 bits per heavy atom. The Bertz CT molecular complexity index is 525. The molecule has 0 radical (unpaired) electrons. The van der Waals surface area contributed by atoms with Crippen molar-refractivity contribution in [1.82, 2.24) is 4.90 Å². The Hall–Kier alpha value is -2.15. The molecule has 1 aliphatic heterocycles. The van der Waals surface area contributed by atoms with Crippen LogP contribution in [0.4, 0.5) is 5.69 Å². The van der Waals surface area contributed by atoms with Gasteiger partial charge in [0.2, 0.25) is 0 Å². The highest BCUT2D eigenvalue weighted by Gasteiger charge is 2.28. The molecule has 0 aliphatic carbocycles. The lowest BCUT2D eigenvalue weighted by Crippen LogP contribution is -2.46. The standard InChI is InChI=1S/C13H16N2O5/c1-20-12-3-2-9(4-11(12)15(18)19)6-14-7-10(8-14)5-13(16)17/h2-4,10H,5-8H2,1H3,(H,16,17). The second-order valence-corrected chi connectivity index (χ2v) is 4.92. The molecule has 0 saturated carbocycles. The number of aliphatic carboxylic acids is 1. The van der Waals surface area contributed by atoms with Crippen LogP contribution in [0.1, 0.15) is 12.0 Å². The first-order valence-corrected chi connectivity index (χ1v) is 6.25. The maximum absolute atomic E-state index is 10.9. The number of nitro groups is 1. The number of ether oxygens (including phenoxy) is 1. The summed E-state index contributed by atoms with van der Waals surface area (Å²) in [5.74, 6) is -0.360. The van der Waals surface area contributed by atoms with Crippen molar-refractivity contribution in [1.29, 1.82) is 0 Å². The molecule has 0 atom stereocenters. The number of hydrogen-bond donors (Lipinski definition) is 1. The highest BCUT2D eigenvalue weighted by molar-refractivity contribution is 5.67. The van der Waals surface area contributed by atoms with Crippen molar-refractivity contribution in [3.8, 4) is 5.75 Å². The smallest absolute Gasteiger partial charge is 0.311 e. The van der Waals surface area contributed by atoms with Gasteiger partial charge in [-0.15, -0.1) is 0 Å². The Labute approximate surface area is 115 Å². The van der Waals surface area contributed by atoms with E-state index >= 15 is 0 Å². The lowest BCUT2D eigenvalue weighted by molar-refractivity contribution is -0.385. The minimum Gasteiger partial charge on any atom is -0.490 e. The van der Waals surface area contributed by atoms with Gasteiger partial charge in [0.15, 0.2) is 5.75 Å². The molecular weight excluding hydrogens is 264 g/mol. The van der Waals surface area contributed by atoms with E-state index in [1.165, 1.54) is 13.2 Å². The lowest BCUT2D eigenvalue weighted by Gasteiger charge is -2.38. The zero-order chi connectivity index (χ0) is 14.7. The molecule has 1 aliphatic rings. The van der Waals surface area contributed by atoms with Gasteiger partial charge in [-0.1, -0.05) is 6.07 Å². The number of benzene rings is 1. The molecule has 0 aromatic heterocycles. The van der Waals surface area contributed by atoms with Crippen molar-refractivity contribution >= 4 is 11.7 Å². The van der Waals surface area contributed by atoms with E-state index in [1.54, 1.807) is 12.1 Å². The maximum Gasteiger partial charge on any atom is 0.311 e. The summed E-state index contributed by atoms with van der Waals surface area (Å²) in [4.78, 5) is 23.1. The van der Waals surface area contributed by atoms with Gasteiger partial charge in [-0.05, 0) is 17.5 Å². The van der Waals surface area contributed by atoms with Gasteiger partial charge >= 0.3 is 11.7 Å². The van der Waals surface area contributed by atoms with Crippen molar-refractivity contribution in [2.24, 2.45) is 5.92 Å². The summed E-state index contributed by atoms with van der Waals surface area (Å²) < 4.78 is 4.95. The van der Waals surface area contributed by atoms with Crippen LogP contribution in [0.15, 0.2) is 18.2 Å². The van der Waals surface area contributed by atoms with E-state index in [0.717, 1.165) is 5.56 Å². The summed E-state index contributed by atoms with van der Waals surface area (Å²) in [7, 11) is 1.40. The summed E-state index contributed by atoms with van der Waals surface area (Å²) in [6.07, 6.45) is 0.180. The van der Waals surface area contributed by atoms with E-state index in [1.807, 2.05) is 0 Å². The predicted molar refractivity (Wildman–Crippen MR) is 70.7 cm³/mol. The van der Waals surface area contributed by atoms with Crippen molar-refractivity contribution < 1.29 is 19.6 Å². The number of methoxy groups -OCH3 is 1. The summed E-state index contributed by atoms with van der Waals surface area (Å²) in [5.41, 5.74) is 0.777. The number of carboxylic acid groups (broad SMARTS) is 1. The monoisotopic (exact) mass is 280 g/mol. The molecule has 0 bridgehead atoms. The first kappa shape index (κ1) is 14.3. The van der Waals surface area contributed by atoms with Gasteiger partial charge < -0.3 is 9.84 Å². The van der Waals surface area contributed by atoms with Crippen LogP contribution in [0.3, 0.4) is 0 Å². The summed E-state index contributed by atoms with van der Waals surface area (Å²) in [6, 6.07) is 4.88. The van der Waals surface area contributed by atoms with Crippen LogP contribution in [-0.4, -0.2) is 41.1 Å². The van der Waals surface area contributed by atoms with Gasteiger partial charge in [-0.3, -0.25) is 19.8 Å².